The summed E-state index contributed by atoms with van der Waals surface area (Å²) in [7, 11) is 6.09. The Morgan fingerprint density at radius 2 is 1.96 bits per heavy atom. The molecule has 0 spiro atoms. The molecule has 0 saturated carbocycles. The number of benzene rings is 1. The van der Waals surface area contributed by atoms with Crippen molar-refractivity contribution in [1.82, 2.24) is 20.4 Å². The molecule has 1 aromatic carbocycles. The number of likely N-dealkylation sites (N-methyl/N-ethyl adjacent to an activating group) is 2. The fraction of sp³-hybridized carbons (Fsp3) is 0.667. The highest BCUT2D eigenvalue weighted by molar-refractivity contribution is 5.79. The van der Waals surface area contributed by atoms with E-state index in [2.05, 4.69) is 60.5 Å². The summed E-state index contributed by atoms with van der Waals surface area (Å²) in [6.45, 7) is 10.3. The number of nitrogens with zero attached hydrogens (tertiary/aromatic N) is 3. The maximum absolute atomic E-state index is 5.24. The van der Waals surface area contributed by atoms with Gasteiger partial charge in [-0.3, -0.25) is 9.89 Å². The monoisotopic (exact) mass is 375 g/mol. The van der Waals surface area contributed by atoms with Crippen LogP contribution in [0.1, 0.15) is 31.7 Å². The molecule has 2 unspecified atom stereocenters. The maximum Gasteiger partial charge on any atom is 0.191 e. The van der Waals surface area contributed by atoms with Gasteiger partial charge in [-0.2, -0.15) is 0 Å². The normalized spacial score (nSPS) is 20.3. The Balaban J connectivity index is 1.82. The molecule has 2 atom stereocenters. The van der Waals surface area contributed by atoms with Gasteiger partial charge in [0.1, 0.15) is 5.75 Å². The summed E-state index contributed by atoms with van der Waals surface area (Å²) in [5.74, 6) is 2.31. The van der Waals surface area contributed by atoms with Gasteiger partial charge in [-0.15, -0.1) is 0 Å². The van der Waals surface area contributed by atoms with Crippen LogP contribution in [-0.4, -0.2) is 82.3 Å². The van der Waals surface area contributed by atoms with E-state index in [1.807, 2.05) is 12.1 Å². The standard InChI is InChI=1S/C21H37N5O/c1-6-22-21(24-15-19-16-25(3)13-14-26(19)4)23-12-11-17(2)18-7-9-20(27-5)10-8-18/h7-10,17,19H,6,11-16H2,1-5H3,(H2,22,23,24). The van der Waals surface area contributed by atoms with E-state index in [1.54, 1.807) is 7.11 Å². The molecular weight excluding hydrogens is 338 g/mol. The number of ether oxygens (including phenoxy) is 1. The van der Waals surface area contributed by atoms with Gasteiger partial charge < -0.3 is 20.3 Å². The van der Waals surface area contributed by atoms with Crippen LogP contribution in [0.2, 0.25) is 0 Å². The summed E-state index contributed by atoms with van der Waals surface area (Å²) in [6.07, 6.45) is 1.06. The lowest BCUT2D eigenvalue weighted by atomic mass is 9.98. The minimum absolute atomic E-state index is 0.484. The molecular formula is C21H37N5O. The Hall–Kier alpha value is -1.79. The van der Waals surface area contributed by atoms with Crippen molar-refractivity contribution in [2.75, 3.05) is 60.5 Å². The Morgan fingerprint density at radius 3 is 2.63 bits per heavy atom. The highest BCUT2D eigenvalue weighted by Crippen LogP contribution is 2.21. The first kappa shape index (κ1) is 21.5. The number of piperazine rings is 1. The molecule has 1 saturated heterocycles. The van der Waals surface area contributed by atoms with Crippen molar-refractivity contribution in [2.45, 2.75) is 32.2 Å². The summed E-state index contributed by atoms with van der Waals surface area (Å²) in [6, 6.07) is 8.85. The summed E-state index contributed by atoms with van der Waals surface area (Å²) in [4.78, 5) is 9.63. The Bertz CT molecular complexity index is 574. The van der Waals surface area contributed by atoms with Crippen LogP contribution in [0.5, 0.6) is 5.75 Å². The number of hydrogen-bond donors (Lipinski definition) is 2. The van der Waals surface area contributed by atoms with Crippen molar-refractivity contribution in [3.05, 3.63) is 29.8 Å². The van der Waals surface area contributed by atoms with E-state index >= 15 is 0 Å². The predicted molar refractivity (Wildman–Crippen MR) is 114 cm³/mol. The third-order valence-corrected chi connectivity index (χ3v) is 5.34. The van der Waals surface area contributed by atoms with E-state index < -0.39 is 0 Å². The Labute approximate surface area is 165 Å². The Kier molecular flexibility index (Phi) is 8.88. The number of rotatable bonds is 8. The minimum Gasteiger partial charge on any atom is -0.497 e. The average Bonchev–Trinajstić information content (AvgIpc) is 2.68. The highest BCUT2D eigenvalue weighted by atomic mass is 16.5. The van der Waals surface area contributed by atoms with Crippen LogP contribution >= 0.6 is 0 Å². The minimum atomic E-state index is 0.484. The predicted octanol–water partition coefficient (Wildman–Crippen LogP) is 1.99. The lowest BCUT2D eigenvalue weighted by Gasteiger charge is -2.36. The molecule has 1 aliphatic heterocycles. The van der Waals surface area contributed by atoms with Crippen LogP contribution in [-0.2, 0) is 0 Å². The van der Waals surface area contributed by atoms with E-state index in [0.717, 1.165) is 57.4 Å². The molecule has 27 heavy (non-hydrogen) atoms. The zero-order chi connectivity index (χ0) is 19.6. The van der Waals surface area contributed by atoms with Crippen molar-refractivity contribution in [1.29, 1.82) is 0 Å². The van der Waals surface area contributed by atoms with Crippen molar-refractivity contribution in [2.24, 2.45) is 4.99 Å². The number of nitrogens with one attached hydrogen (secondary N) is 2. The lowest BCUT2D eigenvalue weighted by Crippen LogP contribution is -2.51. The highest BCUT2D eigenvalue weighted by Gasteiger charge is 2.21. The topological polar surface area (TPSA) is 52.1 Å². The fourth-order valence-corrected chi connectivity index (χ4v) is 3.34. The van der Waals surface area contributed by atoms with Crippen LogP contribution in [0.25, 0.3) is 0 Å². The van der Waals surface area contributed by atoms with Gasteiger partial charge in [0.05, 0.1) is 13.7 Å². The molecule has 1 heterocycles. The van der Waals surface area contributed by atoms with Crippen LogP contribution in [0.3, 0.4) is 0 Å². The number of aliphatic imine (C=N–C) groups is 1. The van der Waals surface area contributed by atoms with E-state index in [-0.39, 0.29) is 0 Å². The van der Waals surface area contributed by atoms with Crippen LogP contribution in [0.15, 0.2) is 29.3 Å². The molecule has 1 aliphatic rings. The van der Waals surface area contributed by atoms with Crippen LogP contribution in [0.4, 0.5) is 0 Å². The molecule has 0 radical (unpaired) electrons. The first-order chi connectivity index (χ1) is 13.0. The first-order valence-electron chi connectivity index (χ1n) is 10.1. The lowest BCUT2D eigenvalue weighted by molar-refractivity contribution is 0.119. The number of guanidine groups is 1. The summed E-state index contributed by atoms with van der Waals surface area (Å²) in [5, 5.41) is 6.86. The summed E-state index contributed by atoms with van der Waals surface area (Å²) in [5.41, 5.74) is 1.34. The molecule has 2 rings (SSSR count). The van der Waals surface area contributed by atoms with Crippen molar-refractivity contribution >= 4 is 5.96 Å². The maximum atomic E-state index is 5.24. The van der Waals surface area contributed by atoms with Crippen LogP contribution in [0, 0.1) is 0 Å². The van der Waals surface area contributed by atoms with Gasteiger partial charge in [0, 0.05) is 38.8 Å². The van der Waals surface area contributed by atoms with Gasteiger partial charge in [-0.05, 0) is 51.1 Å². The van der Waals surface area contributed by atoms with E-state index in [1.165, 1.54) is 5.56 Å². The zero-order valence-corrected chi connectivity index (χ0v) is 17.7. The average molecular weight is 376 g/mol. The molecule has 0 aromatic heterocycles. The van der Waals surface area contributed by atoms with Crippen LogP contribution < -0.4 is 15.4 Å². The van der Waals surface area contributed by atoms with Gasteiger partial charge in [0.2, 0.25) is 0 Å². The molecule has 6 heteroatoms. The van der Waals surface area contributed by atoms with E-state index in [9.17, 15) is 0 Å². The Morgan fingerprint density at radius 1 is 1.22 bits per heavy atom. The van der Waals surface area contributed by atoms with Crippen molar-refractivity contribution in [3.8, 4) is 5.75 Å². The second-order valence-corrected chi connectivity index (χ2v) is 7.51. The molecule has 1 fully saturated rings. The third-order valence-electron chi connectivity index (χ3n) is 5.34. The van der Waals surface area contributed by atoms with E-state index in [0.29, 0.717) is 12.0 Å². The van der Waals surface area contributed by atoms with Gasteiger partial charge in [0.15, 0.2) is 5.96 Å². The number of hydrogen-bond acceptors (Lipinski definition) is 4. The molecule has 2 N–H and O–H groups in total. The zero-order valence-electron chi connectivity index (χ0n) is 17.7. The molecule has 1 aromatic rings. The quantitative estimate of drug-likeness (QED) is 0.538. The first-order valence-corrected chi connectivity index (χ1v) is 10.1. The van der Waals surface area contributed by atoms with Gasteiger partial charge >= 0.3 is 0 Å². The van der Waals surface area contributed by atoms with E-state index in [4.69, 9.17) is 9.73 Å². The van der Waals surface area contributed by atoms with Gasteiger partial charge in [-0.1, -0.05) is 19.1 Å². The molecule has 152 valence electrons. The third kappa shape index (κ3) is 7.03. The van der Waals surface area contributed by atoms with Gasteiger partial charge in [0.25, 0.3) is 0 Å². The van der Waals surface area contributed by atoms with Crippen molar-refractivity contribution in [3.63, 3.8) is 0 Å². The fourth-order valence-electron chi connectivity index (χ4n) is 3.34. The summed E-state index contributed by atoms with van der Waals surface area (Å²) < 4.78 is 5.24. The molecule has 6 nitrogen and oxygen atoms in total. The van der Waals surface area contributed by atoms with Gasteiger partial charge in [-0.25, -0.2) is 0 Å². The second kappa shape index (κ2) is 11.1. The molecule has 0 bridgehead atoms. The van der Waals surface area contributed by atoms with Crippen molar-refractivity contribution < 1.29 is 4.74 Å². The molecule has 0 amide bonds. The largest absolute Gasteiger partial charge is 0.497 e. The second-order valence-electron chi connectivity index (χ2n) is 7.51. The summed E-state index contributed by atoms with van der Waals surface area (Å²) >= 11 is 0. The smallest absolute Gasteiger partial charge is 0.191 e. The molecule has 0 aliphatic carbocycles. The SMILES string of the molecule is CCNC(=NCC1CN(C)CCN1C)NCCC(C)c1ccc(OC)cc1. The number of methoxy groups -OCH3 is 1.